The lowest BCUT2D eigenvalue weighted by Gasteiger charge is -2.08. The van der Waals surface area contributed by atoms with Crippen molar-refractivity contribution in [3.05, 3.63) is 45.1 Å². The Labute approximate surface area is 136 Å². The van der Waals surface area contributed by atoms with Crippen LogP contribution in [0.2, 0.25) is 0 Å². The predicted molar refractivity (Wildman–Crippen MR) is 91.0 cm³/mol. The Morgan fingerprint density at radius 2 is 1.90 bits per heavy atom. The molecule has 1 amide bonds. The molecule has 21 heavy (non-hydrogen) atoms. The van der Waals surface area contributed by atoms with Crippen LogP contribution in [0.25, 0.3) is 0 Å². The van der Waals surface area contributed by atoms with E-state index >= 15 is 0 Å². The van der Waals surface area contributed by atoms with E-state index in [4.69, 9.17) is 4.74 Å². The van der Waals surface area contributed by atoms with Gasteiger partial charge in [0.1, 0.15) is 0 Å². The number of ether oxygens (including phenoxy) is 1. The van der Waals surface area contributed by atoms with E-state index in [0.29, 0.717) is 6.61 Å². The van der Waals surface area contributed by atoms with Crippen LogP contribution in [0.5, 0.6) is 0 Å². The summed E-state index contributed by atoms with van der Waals surface area (Å²) < 4.78 is 6.09. The Kier molecular flexibility index (Phi) is 6.07. The summed E-state index contributed by atoms with van der Waals surface area (Å²) in [6.07, 6.45) is 0.399. The maximum atomic E-state index is 11.4. The highest BCUT2D eigenvalue weighted by Gasteiger charge is 2.02. The van der Waals surface area contributed by atoms with E-state index in [1.807, 2.05) is 37.3 Å². The molecule has 0 saturated heterocycles. The fourth-order valence-corrected chi connectivity index (χ4v) is 3.08. The number of amides is 1. The molecule has 0 aliphatic rings. The summed E-state index contributed by atoms with van der Waals surface area (Å²) in [5, 5.41) is 6.02. The number of rotatable bonds is 6. The minimum Gasteiger partial charge on any atom is -0.449 e. The van der Waals surface area contributed by atoms with Gasteiger partial charge in [-0.2, -0.15) is 0 Å². The molecule has 0 aliphatic carbocycles. The molecule has 2 aromatic rings. The van der Waals surface area contributed by atoms with E-state index in [9.17, 15) is 4.79 Å². The monoisotopic (exact) mass is 368 g/mol. The molecule has 1 aromatic heterocycles. The highest BCUT2D eigenvalue weighted by Crippen LogP contribution is 2.23. The van der Waals surface area contributed by atoms with Crippen molar-refractivity contribution in [3.63, 3.8) is 0 Å². The molecule has 0 unspecified atom stereocenters. The van der Waals surface area contributed by atoms with Crippen LogP contribution >= 0.6 is 27.3 Å². The van der Waals surface area contributed by atoms with Gasteiger partial charge in [0, 0.05) is 22.8 Å². The highest BCUT2D eigenvalue weighted by molar-refractivity contribution is 9.11. The minimum atomic E-state index is -0.416. The molecule has 6 heteroatoms. The van der Waals surface area contributed by atoms with Gasteiger partial charge < -0.3 is 10.1 Å². The summed E-state index contributed by atoms with van der Waals surface area (Å²) in [4.78, 5) is 12.7. The first-order valence-electron chi connectivity index (χ1n) is 6.69. The Bertz CT molecular complexity index is 584. The number of hydrogen-bond donors (Lipinski definition) is 2. The molecule has 1 aromatic carbocycles. The number of thiophene rings is 1. The van der Waals surface area contributed by atoms with Crippen molar-refractivity contribution in [1.82, 2.24) is 0 Å². The van der Waals surface area contributed by atoms with E-state index in [1.54, 1.807) is 11.3 Å². The SMILES string of the molecule is CCCOC(=O)Nc1ccc(NCc2ccc(Br)s2)cc1. The number of benzene rings is 1. The largest absolute Gasteiger partial charge is 0.449 e. The van der Waals surface area contributed by atoms with Crippen LogP contribution in [0.4, 0.5) is 16.2 Å². The second-order valence-electron chi connectivity index (χ2n) is 4.40. The first-order chi connectivity index (χ1) is 10.2. The summed E-state index contributed by atoms with van der Waals surface area (Å²) in [6.45, 7) is 3.17. The zero-order valence-electron chi connectivity index (χ0n) is 11.7. The molecule has 2 rings (SSSR count). The zero-order chi connectivity index (χ0) is 15.1. The average Bonchev–Trinajstić information content (AvgIpc) is 2.90. The van der Waals surface area contributed by atoms with Gasteiger partial charge in [0.2, 0.25) is 0 Å². The van der Waals surface area contributed by atoms with Crippen molar-refractivity contribution in [2.75, 3.05) is 17.2 Å². The maximum absolute atomic E-state index is 11.4. The van der Waals surface area contributed by atoms with Crippen molar-refractivity contribution in [1.29, 1.82) is 0 Å². The Hall–Kier alpha value is -1.53. The highest BCUT2D eigenvalue weighted by atomic mass is 79.9. The van der Waals surface area contributed by atoms with Crippen molar-refractivity contribution < 1.29 is 9.53 Å². The fraction of sp³-hybridized carbons (Fsp3) is 0.267. The molecular formula is C15H17BrN2O2S. The Balaban J connectivity index is 1.82. The quantitative estimate of drug-likeness (QED) is 0.747. The van der Waals surface area contributed by atoms with Gasteiger partial charge in [0.05, 0.1) is 10.4 Å². The van der Waals surface area contributed by atoms with E-state index < -0.39 is 6.09 Å². The standard InChI is InChI=1S/C15H17BrN2O2S/c1-2-9-20-15(19)18-12-5-3-11(4-6-12)17-10-13-7-8-14(16)21-13/h3-8,17H,2,9-10H2,1H3,(H,18,19). The summed E-state index contributed by atoms with van der Waals surface area (Å²) in [5.74, 6) is 0. The van der Waals surface area contributed by atoms with Crippen LogP contribution in [-0.2, 0) is 11.3 Å². The summed E-state index contributed by atoms with van der Waals surface area (Å²) in [5.41, 5.74) is 1.73. The average molecular weight is 369 g/mol. The first-order valence-corrected chi connectivity index (χ1v) is 8.30. The molecule has 0 aliphatic heterocycles. The van der Waals surface area contributed by atoms with Crippen molar-refractivity contribution in [2.24, 2.45) is 0 Å². The maximum Gasteiger partial charge on any atom is 0.411 e. The number of carbonyl (C=O) groups is 1. The lowest BCUT2D eigenvalue weighted by molar-refractivity contribution is 0.161. The Morgan fingerprint density at radius 3 is 2.52 bits per heavy atom. The number of nitrogens with one attached hydrogen (secondary N) is 2. The summed E-state index contributed by atoms with van der Waals surface area (Å²) in [7, 11) is 0. The summed E-state index contributed by atoms with van der Waals surface area (Å²) >= 11 is 5.15. The van der Waals surface area contributed by atoms with Gasteiger partial charge in [-0.1, -0.05) is 6.92 Å². The number of halogens is 1. The van der Waals surface area contributed by atoms with E-state index in [1.165, 1.54) is 4.88 Å². The van der Waals surface area contributed by atoms with Crippen LogP contribution in [0.15, 0.2) is 40.2 Å². The van der Waals surface area contributed by atoms with Crippen LogP contribution < -0.4 is 10.6 Å². The lowest BCUT2D eigenvalue weighted by Crippen LogP contribution is -2.13. The molecule has 2 N–H and O–H groups in total. The van der Waals surface area contributed by atoms with Crippen LogP contribution in [-0.4, -0.2) is 12.7 Å². The van der Waals surface area contributed by atoms with E-state index in [2.05, 4.69) is 32.6 Å². The molecule has 0 radical (unpaired) electrons. The van der Waals surface area contributed by atoms with Crippen molar-refractivity contribution >= 4 is 44.7 Å². The van der Waals surface area contributed by atoms with Gasteiger partial charge in [-0.15, -0.1) is 11.3 Å². The Morgan fingerprint density at radius 1 is 1.19 bits per heavy atom. The van der Waals surface area contributed by atoms with Gasteiger partial charge in [0.15, 0.2) is 0 Å². The number of hydrogen-bond acceptors (Lipinski definition) is 4. The molecule has 0 bridgehead atoms. The molecule has 0 saturated carbocycles. The van der Waals surface area contributed by atoms with Gasteiger partial charge in [-0.25, -0.2) is 4.79 Å². The molecule has 112 valence electrons. The first kappa shape index (κ1) is 15.9. The second-order valence-corrected chi connectivity index (χ2v) is 6.95. The van der Waals surface area contributed by atoms with Crippen LogP contribution in [0.1, 0.15) is 18.2 Å². The predicted octanol–water partition coefficient (Wildman–Crippen LogP) is 5.08. The lowest BCUT2D eigenvalue weighted by atomic mass is 10.3. The van der Waals surface area contributed by atoms with E-state index in [0.717, 1.165) is 28.1 Å². The zero-order valence-corrected chi connectivity index (χ0v) is 14.1. The number of anilines is 2. The van der Waals surface area contributed by atoms with E-state index in [-0.39, 0.29) is 0 Å². The van der Waals surface area contributed by atoms with Gasteiger partial charge in [-0.05, 0) is 58.7 Å². The van der Waals surface area contributed by atoms with Crippen LogP contribution in [0.3, 0.4) is 0 Å². The topological polar surface area (TPSA) is 50.4 Å². The van der Waals surface area contributed by atoms with Gasteiger partial charge in [0.25, 0.3) is 0 Å². The molecule has 1 heterocycles. The summed E-state index contributed by atoms with van der Waals surface area (Å²) in [6, 6.07) is 11.7. The molecule has 0 atom stereocenters. The van der Waals surface area contributed by atoms with Gasteiger partial charge in [-0.3, -0.25) is 5.32 Å². The third-order valence-corrected chi connectivity index (χ3v) is 4.29. The van der Waals surface area contributed by atoms with Crippen LogP contribution in [0, 0.1) is 0 Å². The molecule has 0 fully saturated rings. The van der Waals surface area contributed by atoms with Gasteiger partial charge >= 0.3 is 6.09 Å². The second kappa shape index (κ2) is 8.05. The molecule has 0 spiro atoms. The van der Waals surface area contributed by atoms with Crippen molar-refractivity contribution in [2.45, 2.75) is 19.9 Å². The normalized spacial score (nSPS) is 10.2. The minimum absolute atomic E-state index is 0.416. The third kappa shape index (κ3) is 5.40. The van der Waals surface area contributed by atoms with Crippen molar-refractivity contribution in [3.8, 4) is 0 Å². The fourth-order valence-electron chi connectivity index (χ4n) is 1.66. The third-order valence-electron chi connectivity index (χ3n) is 2.66. The number of carbonyl (C=O) groups excluding carboxylic acids is 1. The molecule has 4 nitrogen and oxygen atoms in total. The smallest absolute Gasteiger partial charge is 0.411 e. The molecular weight excluding hydrogens is 352 g/mol.